The molecule has 2 aromatic carbocycles. The van der Waals surface area contributed by atoms with E-state index in [2.05, 4.69) is 5.32 Å². The van der Waals surface area contributed by atoms with Gasteiger partial charge in [-0.3, -0.25) is 4.79 Å². The summed E-state index contributed by atoms with van der Waals surface area (Å²) in [4.78, 5) is 11.3. The number of benzene rings is 2. The fraction of sp³-hybridized carbons (Fsp3) is 0.381. The van der Waals surface area contributed by atoms with Crippen LogP contribution in [0.15, 0.2) is 42.5 Å². The predicted molar refractivity (Wildman–Crippen MR) is 106 cm³/mol. The highest BCUT2D eigenvalue weighted by atomic mass is 35.5. The molecule has 0 saturated heterocycles. The highest BCUT2D eigenvalue weighted by Crippen LogP contribution is 2.29. The average molecular weight is 392 g/mol. The summed E-state index contributed by atoms with van der Waals surface area (Å²) in [5.41, 5.74) is 1.90. The van der Waals surface area contributed by atoms with Crippen molar-refractivity contribution in [3.8, 4) is 11.5 Å². The predicted octanol–water partition coefficient (Wildman–Crippen LogP) is 4.52. The van der Waals surface area contributed by atoms with Gasteiger partial charge < -0.3 is 19.9 Å². The van der Waals surface area contributed by atoms with Crippen molar-refractivity contribution in [3.63, 3.8) is 0 Å². The Balaban J connectivity index is 2.07. The van der Waals surface area contributed by atoms with E-state index in [1.54, 1.807) is 0 Å². The molecule has 27 heavy (non-hydrogen) atoms. The molecule has 1 unspecified atom stereocenters. The van der Waals surface area contributed by atoms with E-state index < -0.39 is 12.0 Å². The maximum Gasteiger partial charge on any atom is 0.320 e. The summed E-state index contributed by atoms with van der Waals surface area (Å²) in [5.74, 6) is 0.417. The van der Waals surface area contributed by atoms with Crippen LogP contribution in [0.2, 0.25) is 5.02 Å². The maximum atomic E-state index is 11.3. The van der Waals surface area contributed by atoms with E-state index in [1.807, 2.05) is 63.2 Å². The zero-order chi connectivity index (χ0) is 19.8. The largest absolute Gasteiger partial charge is 0.490 e. The second-order valence-corrected chi connectivity index (χ2v) is 7.01. The second kappa shape index (κ2) is 10.2. The normalized spacial score (nSPS) is 12.0. The lowest BCUT2D eigenvalue weighted by Crippen LogP contribution is -2.40. The smallest absolute Gasteiger partial charge is 0.320 e. The van der Waals surface area contributed by atoms with Gasteiger partial charge in [0.05, 0.1) is 6.61 Å². The summed E-state index contributed by atoms with van der Waals surface area (Å²) in [6, 6.07) is 12.5. The number of carbonyl (C=O) groups is 1. The van der Waals surface area contributed by atoms with Gasteiger partial charge in [0.1, 0.15) is 12.6 Å². The van der Waals surface area contributed by atoms with E-state index in [0.29, 0.717) is 36.3 Å². The van der Waals surface area contributed by atoms with Crippen LogP contribution >= 0.6 is 11.6 Å². The summed E-state index contributed by atoms with van der Waals surface area (Å²) in [6.07, 6.45) is 0. The molecule has 0 aliphatic carbocycles. The highest BCUT2D eigenvalue weighted by molar-refractivity contribution is 6.30. The quantitative estimate of drug-likeness (QED) is 0.623. The van der Waals surface area contributed by atoms with Crippen molar-refractivity contribution in [3.05, 3.63) is 58.6 Å². The van der Waals surface area contributed by atoms with Crippen molar-refractivity contribution in [2.45, 2.75) is 40.0 Å². The molecule has 0 aliphatic heterocycles. The maximum absolute atomic E-state index is 11.3. The summed E-state index contributed by atoms with van der Waals surface area (Å²) in [6.45, 7) is 6.99. The van der Waals surface area contributed by atoms with E-state index in [-0.39, 0.29) is 5.92 Å². The Hall–Kier alpha value is -2.24. The zero-order valence-corrected chi connectivity index (χ0v) is 16.6. The Morgan fingerprint density at radius 2 is 1.89 bits per heavy atom. The van der Waals surface area contributed by atoms with Crippen LogP contribution in [-0.4, -0.2) is 23.7 Å². The first-order valence-electron chi connectivity index (χ1n) is 8.99. The Labute approximate surface area is 165 Å². The van der Waals surface area contributed by atoms with Crippen molar-refractivity contribution in [2.75, 3.05) is 6.61 Å². The van der Waals surface area contributed by atoms with Crippen molar-refractivity contribution < 1.29 is 19.4 Å². The van der Waals surface area contributed by atoms with Crippen molar-refractivity contribution in [1.82, 2.24) is 5.32 Å². The fourth-order valence-corrected chi connectivity index (χ4v) is 2.89. The Morgan fingerprint density at radius 3 is 2.52 bits per heavy atom. The monoisotopic (exact) mass is 391 g/mol. The number of halogens is 1. The van der Waals surface area contributed by atoms with E-state index in [4.69, 9.17) is 21.1 Å². The fourth-order valence-electron chi connectivity index (χ4n) is 2.67. The van der Waals surface area contributed by atoms with Crippen LogP contribution in [0.4, 0.5) is 0 Å². The van der Waals surface area contributed by atoms with Gasteiger partial charge in [0.15, 0.2) is 11.5 Å². The molecule has 5 nitrogen and oxygen atoms in total. The zero-order valence-electron chi connectivity index (χ0n) is 15.9. The van der Waals surface area contributed by atoms with Gasteiger partial charge in [-0.05, 0) is 48.2 Å². The first-order chi connectivity index (χ1) is 12.9. The molecule has 1 atom stereocenters. The van der Waals surface area contributed by atoms with Crippen LogP contribution in [0.3, 0.4) is 0 Å². The number of hydrogen-bond donors (Lipinski definition) is 2. The SMILES string of the molecule is CCOc1cc(CNC(C(=O)O)C(C)C)ccc1OCc1cccc(Cl)c1. The van der Waals surface area contributed by atoms with Gasteiger partial charge in [-0.1, -0.05) is 43.6 Å². The van der Waals surface area contributed by atoms with Gasteiger partial charge in [-0.15, -0.1) is 0 Å². The van der Waals surface area contributed by atoms with Gasteiger partial charge >= 0.3 is 5.97 Å². The molecule has 0 bridgehead atoms. The molecule has 0 spiro atoms. The minimum absolute atomic E-state index is 0.00540. The third-order valence-corrected chi connectivity index (χ3v) is 4.29. The van der Waals surface area contributed by atoms with Crippen molar-refractivity contribution in [2.24, 2.45) is 5.92 Å². The van der Waals surface area contributed by atoms with E-state index in [1.165, 1.54) is 0 Å². The Bertz CT molecular complexity index is 764. The van der Waals surface area contributed by atoms with E-state index in [9.17, 15) is 9.90 Å². The summed E-state index contributed by atoms with van der Waals surface area (Å²) in [7, 11) is 0. The Kier molecular flexibility index (Phi) is 7.95. The van der Waals surface area contributed by atoms with E-state index in [0.717, 1.165) is 11.1 Å². The highest BCUT2D eigenvalue weighted by Gasteiger charge is 2.20. The van der Waals surface area contributed by atoms with Crippen LogP contribution in [-0.2, 0) is 17.9 Å². The molecule has 0 fully saturated rings. The van der Waals surface area contributed by atoms with Crippen LogP contribution < -0.4 is 14.8 Å². The molecule has 0 saturated carbocycles. The minimum atomic E-state index is -0.850. The first-order valence-corrected chi connectivity index (χ1v) is 9.37. The van der Waals surface area contributed by atoms with Gasteiger partial charge in [0.25, 0.3) is 0 Å². The number of aliphatic carboxylic acids is 1. The van der Waals surface area contributed by atoms with Crippen LogP contribution in [0.1, 0.15) is 31.9 Å². The van der Waals surface area contributed by atoms with Crippen molar-refractivity contribution >= 4 is 17.6 Å². The third kappa shape index (κ3) is 6.45. The van der Waals surface area contributed by atoms with Gasteiger partial charge in [0.2, 0.25) is 0 Å². The first kappa shape index (κ1) is 21.1. The molecule has 2 rings (SSSR count). The molecule has 0 amide bonds. The molecule has 0 radical (unpaired) electrons. The lowest BCUT2D eigenvalue weighted by Gasteiger charge is -2.19. The number of carboxylic acid groups (broad SMARTS) is 1. The van der Waals surface area contributed by atoms with Crippen molar-refractivity contribution in [1.29, 1.82) is 0 Å². The topological polar surface area (TPSA) is 67.8 Å². The number of carboxylic acids is 1. The molecule has 6 heteroatoms. The minimum Gasteiger partial charge on any atom is -0.490 e. The van der Waals surface area contributed by atoms with Gasteiger partial charge in [-0.25, -0.2) is 0 Å². The number of ether oxygens (including phenoxy) is 2. The number of hydrogen-bond acceptors (Lipinski definition) is 4. The van der Waals surface area contributed by atoms with E-state index >= 15 is 0 Å². The lowest BCUT2D eigenvalue weighted by molar-refractivity contribution is -0.140. The molecule has 2 N–H and O–H groups in total. The second-order valence-electron chi connectivity index (χ2n) is 6.57. The molecule has 2 aromatic rings. The average Bonchev–Trinajstić information content (AvgIpc) is 2.61. The van der Waals surface area contributed by atoms with Crippen LogP contribution in [0.5, 0.6) is 11.5 Å². The lowest BCUT2D eigenvalue weighted by atomic mass is 10.0. The standard InChI is InChI=1S/C21H26ClNO4/c1-4-26-19-11-15(12-23-20(14(2)3)21(24)25)8-9-18(19)27-13-16-6-5-7-17(22)10-16/h5-11,14,20,23H,4,12-13H2,1-3H3,(H,24,25). The molecular weight excluding hydrogens is 366 g/mol. The number of rotatable bonds is 10. The summed E-state index contributed by atoms with van der Waals surface area (Å²) < 4.78 is 11.6. The van der Waals surface area contributed by atoms with Crippen LogP contribution in [0.25, 0.3) is 0 Å². The Morgan fingerprint density at radius 1 is 1.11 bits per heavy atom. The molecule has 0 aliphatic rings. The molecular formula is C21H26ClNO4. The van der Waals surface area contributed by atoms with Gasteiger partial charge in [0, 0.05) is 11.6 Å². The summed E-state index contributed by atoms with van der Waals surface area (Å²) in [5, 5.41) is 13.0. The molecule has 146 valence electrons. The summed E-state index contributed by atoms with van der Waals surface area (Å²) >= 11 is 6.00. The third-order valence-electron chi connectivity index (χ3n) is 4.05. The van der Waals surface area contributed by atoms with Crippen LogP contribution in [0, 0.1) is 5.92 Å². The van der Waals surface area contributed by atoms with Gasteiger partial charge in [-0.2, -0.15) is 0 Å². The number of nitrogens with one attached hydrogen (secondary N) is 1. The molecule has 0 aromatic heterocycles. The molecule has 0 heterocycles.